The molecule has 1 heterocycles. The Morgan fingerprint density at radius 1 is 0.882 bits per heavy atom. The van der Waals surface area contributed by atoms with Crippen LogP contribution in [0.2, 0.25) is 0 Å². The van der Waals surface area contributed by atoms with E-state index in [1.807, 2.05) is 0 Å². The SMILES string of the molecule is CC(=O)O[C@@]12CO[C@@H]1C[C@H](OCC(F)(F)F)[C@@]1(C)C(=O)[C@H](OCC(F)(F)F)C3=C(C)[C@@H](OC(=O)[C@H](O)[C@@H](NC(=O)OC(C)(C)C)c4ccccc4)C[C@@](O)([C@@H](OC(=O)c4ccccc4)[C@H]21)C3(C)C. The lowest BCUT2D eigenvalue weighted by Crippen LogP contribution is -2.82. The van der Waals surface area contributed by atoms with Crippen LogP contribution in [0.5, 0.6) is 0 Å². The Morgan fingerprint density at radius 2 is 1.46 bits per heavy atom. The second kappa shape index (κ2) is 18.7. The standard InChI is InChI=1S/C47H55F6NO14/c1-24-28(65-39(59)33(56)32(26-15-11-9-12-16-26)54-40(60)68-41(3,4)5)20-45(61)37(66-38(58)27-17-13-10-14-18-27)35-43(8,36(57)34(31(24)42(45,6)7)64-23-47(51,52)53)29(63-22-46(48,49)50)19-30-44(35,21-62-30)67-25(2)55/h9-18,28-30,32-35,37,56,61H,19-23H2,1-8H3,(H,54,60)/t28-,29-,30+,32-,33+,34+,35-,37-,43+,44-,45+/m0/s1. The predicted octanol–water partition coefficient (Wildman–Crippen LogP) is 6.43. The molecule has 0 aromatic heterocycles. The lowest BCUT2D eigenvalue weighted by molar-refractivity contribution is -0.352. The molecule has 1 aliphatic heterocycles. The minimum Gasteiger partial charge on any atom is -0.456 e. The number of ether oxygens (including phenoxy) is 7. The number of halogens is 6. The number of alkyl halides is 6. The van der Waals surface area contributed by atoms with Crippen molar-refractivity contribution in [3.8, 4) is 0 Å². The Morgan fingerprint density at radius 3 is 1.99 bits per heavy atom. The van der Waals surface area contributed by atoms with Crippen LogP contribution >= 0.6 is 0 Å². The molecule has 4 aliphatic rings. The number of carbonyl (C=O) groups is 5. The number of aliphatic hydroxyl groups excluding tert-OH is 1. The molecule has 2 saturated carbocycles. The first kappa shape index (κ1) is 52.3. The number of rotatable bonds is 12. The number of Topliss-reactive ketones (excluding diaryl/α,β-unsaturated/α-hetero) is 1. The molecule has 3 fully saturated rings. The van der Waals surface area contributed by atoms with E-state index in [1.54, 1.807) is 45.0 Å². The maximum absolute atomic E-state index is 15.7. The van der Waals surface area contributed by atoms with E-state index in [0.717, 1.165) is 13.8 Å². The maximum Gasteiger partial charge on any atom is 0.411 e. The van der Waals surface area contributed by atoms with Gasteiger partial charge in [0.1, 0.15) is 48.8 Å². The minimum absolute atomic E-state index is 0.127. The van der Waals surface area contributed by atoms with E-state index in [9.17, 15) is 55.7 Å². The summed E-state index contributed by atoms with van der Waals surface area (Å²) < 4.78 is 125. The third-order valence-electron chi connectivity index (χ3n) is 13.4. The number of alkyl carbamates (subject to hydrolysis) is 1. The van der Waals surface area contributed by atoms with Crippen LogP contribution in [0.1, 0.15) is 90.2 Å². The normalized spacial score (nSPS) is 31.0. The molecule has 2 aromatic carbocycles. The summed E-state index contributed by atoms with van der Waals surface area (Å²) in [4.78, 5) is 70.5. The minimum atomic E-state index is -5.13. The van der Waals surface area contributed by atoms with Crippen LogP contribution in [0.15, 0.2) is 71.8 Å². The fourth-order valence-electron chi connectivity index (χ4n) is 10.3. The van der Waals surface area contributed by atoms with Crippen LogP contribution < -0.4 is 5.32 Å². The van der Waals surface area contributed by atoms with Gasteiger partial charge in [-0.25, -0.2) is 14.4 Å². The van der Waals surface area contributed by atoms with Crippen LogP contribution in [0.3, 0.4) is 0 Å². The van der Waals surface area contributed by atoms with Crippen molar-refractivity contribution in [3.63, 3.8) is 0 Å². The summed E-state index contributed by atoms with van der Waals surface area (Å²) in [6.07, 6.45) is -24.6. The lowest BCUT2D eigenvalue weighted by Gasteiger charge is -2.68. The summed E-state index contributed by atoms with van der Waals surface area (Å²) >= 11 is 0. The van der Waals surface area contributed by atoms with E-state index in [-0.39, 0.29) is 16.7 Å². The highest BCUT2D eigenvalue weighted by Gasteiger charge is 2.78. The van der Waals surface area contributed by atoms with E-state index < -0.39 is 157 Å². The molecule has 2 bridgehead atoms. The van der Waals surface area contributed by atoms with Crippen LogP contribution in [0.25, 0.3) is 0 Å². The molecular weight excluding hydrogens is 916 g/mol. The average Bonchev–Trinajstić information content (AvgIpc) is 3.22. The summed E-state index contributed by atoms with van der Waals surface area (Å²) in [5.41, 5.74) is -11.1. The van der Waals surface area contributed by atoms with E-state index in [0.29, 0.717) is 0 Å². The third-order valence-corrected chi connectivity index (χ3v) is 13.4. The van der Waals surface area contributed by atoms with Crippen molar-refractivity contribution in [1.29, 1.82) is 0 Å². The molecular formula is C47H55F6NO14. The van der Waals surface area contributed by atoms with Gasteiger partial charge in [-0.3, -0.25) is 9.59 Å². The van der Waals surface area contributed by atoms with E-state index in [2.05, 4.69) is 5.32 Å². The Kier molecular flexibility index (Phi) is 14.4. The van der Waals surface area contributed by atoms with Crippen LogP contribution in [-0.2, 0) is 47.5 Å². The first-order valence-corrected chi connectivity index (χ1v) is 21.7. The van der Waals surface area contributed by atoms with Crippen molar-refractivity contribution in [2.45, 2.75) is 140 Å². The van der Waals surface area contributed by atoms with Crippen molar-refractivity contribution in [1.82, 2.24) is 5.32 Å². The molecule has 2 aromatic rings. The Balaban J connectivity index is 1.59. The van der Waals surface area contributed by atoms with Crippen molar-refractivity contribution >= 4 is 29.8 Å². The average molecular weight is 972 g/mol. The third kappa shape index (κ3) is 10.1. The number of benzene rings is 2. The van der Waals surface area contributed by atoms with Gasteiger partial charge in [0.25, 0.3) is 0 Å². The van der Waals surface area contributed by atoms with Crippen LogP contribution in [-0.4, -0.2) is 126 Å². The van der Waals surface area contributed by atoms with Gasteiger partial charge in [0, 0.05) is 25.2 Å². The summed E-state index contributed by atoms with van der Waals surface area (Å²) in [5, 5.41) is 27.9. The Labute approximate surface area is 387 Å². The van der Waals surface area contributed by atoms with Crippen molar-refractivity contribution in [2.24, 2.45) is 16.7 Å². The number of nitrogens with one attached hydrogen (secondary N) is 1. The van der Waals surface area contributed by atoms with Gasteiger partial charge in [-0.15, -0.1) is 0 Å². The maximum atomic E-state index is 15.7. The largest absolute Gasteiger partial charge is 0.456 e. The number of hydrogen-bond donors (Lipinski definition) is 3. The Hall–Kier alpha value is -5.09. The fourth-order valence-corrected chi connectivity index (χ4v) is 10.3. The molecule has 68 heavy (non-hydrogen) atoms. The summed E-state index contributed by atoms with van der Waals surface area (Å²) in [7, 11) is 0. The zero-order valence-corrected chi connectivity index (χ0v) is 38.5. The van der Waals surface area contributed by atoms with Crippen molar-refractivity contribution in [2.75, 3.05) is 19.8 Å². The number of amides is 1. The van der Waals surface area contributed by atoms with Gasteiger partial charge >= 0.3 is 36.4 Å². The van der Waals surface area contributed by atoms with Gasteiger partial charge in [-0.05, 0) is 63.5 Å². The fraction of sp³-hybridized carbons (Fsp3) is 0.596. The molecule has 21 heteroatoms. The van der Waals surface area contributed by atoms with Crippen LogP contribution in [0, 0.1) is 16.7 Å². The van der Waals surface area contributed by atoms with Crippen molar-refractivity contribution in [3.05, 3.63) is 82.9 Å². The Bertz CT molecular complexity index is 2270. The zero-order valence-electron chi connectivity index (χ0n) is 38.5. The monoisotopic (exact) mass is 971 g/mol. The van der Waals surface area contributed by atoms with Gasteiger partial charge in [0.2, 0.25) is 0 Å². The quantitative estimate of drug-likeness (QED) is 0.0909. The molecule has 0 spiro atoms. The number of hydrogen-bond acceptors (Lipinski definition) is 14. The van der Waals surface area contributed by atoms with Gasteiger partial charge < -0.3 is 48.7 Å². The number of carbonyl (C=O) groups excluding carboxylic acids is 5. The summed E-state index contributed by atoms with van der Waals surface area (Å²) in [6, 6.07) is 13.3. The van der Waals surface area contributed by atoms with E-state index in [1.165, 1.54) is 57.2 Å². The number of esters is 3. The predicted molar refractivity (Wildman–Crippen MR) is 223 cm³/mol. The second-order valence-corrected chi connectivity index (χ2v) is 19.4. The molecule has 0 unspecified atom stereocenters. The molecule has 3 N–H and O–H groups in total. The molecule has 11 atom stereocenters. The van der Waals surface area contributed by atoms with Gasteiger partial charge in [0.15, 0.2) is 17.5 Å². The molecule has 3 aliphatic carbocycles. The number of fused-ring (bicyclic) bond motifs is 5. The van der Waals surface area contributed by atoms with Gasteiger partial charge in [-0.1, -0.05) is 62.4 Å². The van der Waals surface area contributed by atoms with Crippen molar-refractivity contribution < 1.29 is 93.7 Å². The first-order chi connectivity index (χ1) is 31.4. The van der Waals surface area contributed by atoms with Gasteiger partial charge in [-0.2, -0.15) is 26.3 Å². The molecule has 0 radical (unpaired) electrons. The van der Waals surface area contributed by atoms with Crippen LogP contribution in [0.4, 0.5) is 31.1 Å². The zero-order chi connectivity index (χ0) is 50.6. The molecule has 374 valence electrons. The summed E-state index contributed by atoms with van der Waals surface area (Å²) in [5.74, 6) is -6.97. The first-order valence-electron chi connectivity index (χ1n) is 21.7. The highest BCUT2D eigenvalue weighted by atomic mass is 19.4. The highest BCUT2D eigenvalue weighted by Crippen LogP contribution is 2.65. The second-order valence-electron chi connectivity index (χ2n) is 19.4. The van der Waals surface area contributed by atoms with E-state index >= 15 is 4.79 Å². The molecule has 1 amide bonds. The summed E-state index contributed by atoms with van der Waals surface area (Å²) in [6.45, 7) is 5.91. The molecule has 6 rings (SSSR count). The smallest absolute Gasteiger partial charge is 0.411 e. The lowest BCUT2D eigenvalue weighted by atomic mass is 9.44. The highest BCUT2D eigenvalue weighted by molar-refractivity contribution is 5.94. The number of ketones is 1. The molecule has 15 nitrogen and oxygen atoms in total. The number of aliphatic hydroxyl groups is 2. The topological polar surface area (TPSA) is 202 Å². The van der Waals surface area contributed by atoms with E-state index in [4.69, 9.17) is 33.2 Å². The molecule has 1 saturated heterocycles. The van der Waals surface area contributed by atoms with Gasteiger partial charge in [0.05, 0.1) is 35.6 Å².